The van der Waals surface area contributed by atoms with Crippen LogP contribution in [-0.4, -0.2) is 48.6 Å². The molecule has 0 bridgehead atoms. The largest absolute Gasteiger partial charge is 0.480 e. The molecule has 5 rings (SSSR count). The Labute approximate surface area is 180 Å². The number of halogens is 1. The van der Waals surface area contributed by atoms with Crippen molar-refractivity contribution in [1.82, 2.24) is 4.90 Å². The van der Waals surface area contributed by atoms with Crippen LogP contribution in [0, 0.1) is 0 Å². The van der Waals surface area contributed by atoms with Gasteiger partial charge in [-0.2, -0.15) is 0 Å². The van der Waals surface area contributed by atoms with Crippen molar-refractivity contribution in [1.29, 1.82) is 0 Å². The second-order valence-electron chi connectivity index (χ2n) is 7.97. The molecule has 0 spiro atoms. The molecule has 3 aliphatic heterocycles. The van der Waals surface area contributed by atoms with Crippen LogP contribution in [0.2, 0.25) is 5.02 Å². The molecular weight excluding hydrogens is 404 g/mol. The summed E-state index contributed by atoms with van der Waals surface area (Å²) < 4.78 is 11.9. The van der Waals surface area contributed by atoms with E-state index in [9.17, 15) is 9.59 Å². The predicted octanol–water partition coefficient (Wildman–Crippen LogP) is 3.45. The molecule has 0 aromatic heterocycles. The third-order valence-corrected chi connectivity index (χ3v) is 6.19. The number of carbonyl (C=O) groups excluding carboxylic acids is 2. The van der Waals surface area contributed by atoms with Gasteiger partial charge in [-0.3, -0.25) is 9.59 Å². The second kappa shape index (κ2) is 7.84. The van der Waals surface area contributed by atoms with Crippen LogP contribution in [0.3, 0.4) is 0 Å². The molecule has 0 N–H and O–H groups in total. The van der Waals surface area contributed by atoms with Gasteiger partial charge in [0.2, 0.25) is 0 Å². The van der Waals surface area contributed by atoms with Crippen LogP contribution in [0.5, 0.6) is 11.5 Å². The number of piperidine rings is 1. The maximum atomic E-state index is 13.4. The average Bonchev–Trinajstić information content (AvgIpc) is 3.21. The number of hydrogen-bond acceptors (Lipinski definition) is 4. The lowest BCUT2D eigenvalue weighted by atomic mass is 10.1. The van der Waals surface area contributed by atoms with Gasteiger partial charge in [-0.25, -0.2) is 0 Å². The van der Waals surface area contributed by atoms with Crippen LogP contribution in [0.1, 0.15) is 24.8 Å². The van der Waals surface area contributed by atoms with Crippen molar-refractivity contribution in [2.75, 3.05) is 24.5 Å². The summed E-state index contributed by atoms with van der Waals surface area (Å²) in [6.45, 7) is 1.67. The lowest BCUT2D eigenvalue weighted by molar-refractivity contribution is -0.140. The van der Waals surface area contributed by atoms with Crippen LogP contribution in [-0.2, 0) is 16.0 Å². The van der Waals surface area contributed by atoms with Crippen molar-refractivity contribution in [3.8, 4) is 11.5 Å². The number of rotatable bonds is 2. The Morgan fingerprint density at radius 3 is 2.50 bits per heavy atom. The average molecular weight is 427 g/mol. The highest BCUT2D eigenvalue weighted by Crippen LogP contribution is 2.37. The Morgan fingerprint density at radius 1 is 0.900 bits per heavy atom. The molecule has 7 heteroatoms. The van der Waals surface area contributed by atoms with E-state index in [4.69, 9.17) is 21.1 Å². The zero-order chi connectivity index (χ0) is 20.7. The molecule has 3 aliphatic rings. The first-order valence-corrected chi connectivity index (χ1v) is 10.8. The van der Waals surface area contributed by atoms with Gasteiger partial charge in [0.05, 0.1) is 12.2 Å². The highest BCUT2D eigenvalue weighted by Gasteiger charge is 2.40. The lowest BCUT2D eigenvalue weighted by Gasteiger charge is -2.38. The fourth-order valence-corrected chi connectivity index (χ4v) is 4.61. The molecule has 0 radical (unpaired) electrons. The predicted molar refractivity (Wildman–Crippen MR) is 113 cm³/mol. The lowest BCUT2D eigenvalue weighted by Crippen LogP contribution is -2.54. The zero-order valence-electron chi connectivity index (χ0n) is 16.6. The van der Waals surface area contributed by atoms with E-state index < -0.39 is 12.2 Å². The summed E-state index contributed by atoms with van der Waals surface area (Å²) in [5.41, 5.74) is 1.59. The van der Waals surface area contributed by atoms with Gasteiger partial charge in [-0.05, 0) is 55.2 Å². The number of likely N-dealkylation sites (tertiary alicyclic amines) is 1. The monoisotopic (exact) mass is 426 g/mol. The van der Waals surface area contributed by atoms with Gasteiger partial charge in [0.25, 0.3) is 11.8 Å². The van der Waals surface area contributed by atoms with Crippen LogP contribution >= 0.6 is 11.6 Å². The van der Waals surface area contributed by atoms with Crippen LogP contribution in [0.25, 0.3) is 0 Å². The van der Waals surface area contributed by atoms with Crippen LogP contribution < -0.4 is 14.4 Å². The minimum Gasteiger partial charge on any atom is -0.480 e. The normalized spacial score (nSPS) is 22.6. The quantitative estimate of drug-likeness (QED) is 0.738. The zero-order valence-corrected chi connectivity index (χ0v) is 17.3. The van der Waals surface area contributed by atoms with E-state index in [1.165, 1.54) is 0 Å². The molecule has 2 amide bonds. The molecule has 156 valence electrons. The van der Waals surface area contributed by atoms with Gasteiger partial charge in [0, 0.05) is 24.5 Å². The number of para-hydroxylation sites is 2. The molecule has 1 saturated heterocycles. The molecule has 3 heterocycles. The molecule has 6 nitrogen and oxygen atoms in total. The molecule has 0 saturated carbocycles. The molecule has 2 atom stereocenters. The summed E-state index contributed by atoms with van der Waals surface area (Å²) in [5.74, 6) is 1.00. The van der Waals surface area contributed by atoms with Gasteiger partial charge >= 0.3 is 0 Å². The third kappa shape index (κ3) is 3.49. The van der Waals surface area contributed by atoms with Crippen molar-refractivity contribution in [2.45, 2.75) is 37.9 Å². The fraction of sp³-hybridized carbons (Fsp3) is 0.391. The minimum atomic E-state index is -0.708. The van der Waals surface area contributed by atoms with E-state index in [2.05, 4.69) is 0 Å². The first-order valence-electron chi connectivity index (χ1n) is 10.4. The Balaban J connectivity index is 1.39. The fourth-order valence-electron chi connectivity index (χ4n) is 4.42. The first-order chi connectivity index (χ1) is 14.6. The number of amides is 2. The molecule has 1 fully saturated rings. The summed E-state index contributed by atoms with van der Waals surface area (Å²) in [6.07, 6.45) is 2.27. The molecule has 2 aromatic carbocycles. The van der Waals surface area contributed by atoms with Gasteiger partial charge in [0.1, 0.15) is 11.5 Å². The summed E-state index contributed by atoms with van der Waals surface area (Å²) in [6, 6.07) is 12.7. The number of benzene rings is 2. The number of nitrogens with zero attached hydrogens (tertiary/aromatic N) is 2. The van der Waals surface area contributed by atoms with E-state index in [1.807, 2.05) is 29.2 Å². The molecule has 2 aromatic rings. The van der Waals surface area contributed by atoms with Gasteiger partial charge in [-0.15, -0.1) is 0 Å². The standard InChI is InChI=1S/C23H23ClN2O4/c24-16-8-9-18-15(12-16)13-20(29-18)23(28)26-14-21(22(27)25-10-4-1-5-11-25)30-19-7-3-2-6-17(19)26/h2-3,6-9,12,20-21H,1,4-5,10-11,13-14H2/t20-,21+/m0/s1. The van der Waals surface area contributed by atoms with Crippen molar-refractivity contribution >= 4 is 29.1 Å². The number of carbonyl (C=O) groups is 2. The second-order valence-corrected chi connectivity index (χ2v) is 8.41. The van der Waals surface area contributed by atoms with E-state index in [-0.39, 0.29) is 18.4 Å². The highest BCUT2D eigenvalue weighted by molar-refractivity contribution is 6.30. The third-order valence-electron chi connectivity index (χ3n) is 5.96. The maximum Gasteiger partial charge on any atom is 0.268 e. The van der Waals surface area contributed by atoms with Crippen molar-refractivity contribution in [3.05, 3.63) is 53.1 Å². The maximum absolute atomic E-state index is 13.4. The summed E-state index contributed by atoms with van der Waals surface area (Å²) >= 11 is 6.08. The highest BCUT2D eigenvalue weighted by atomic mass is 35.5. The van der Waals surface area contributed by atoms with Crippen molar-refractivity contribution < 1.29 is 19.1 Å². The Hall–Kier alpha value is -2.73. The molecule has 0 aliphatic carbocycles. The number of fused-ring (bicyclic) bond motifs is 2. The summed E-state index contributed by atoms with van der Waals surface area (Å²) in [4.78, 5) is 30.0. The Morgan fingerprint density at radius 2 is 1.67 bits per heavy atom. The van der Waals surface area contributed by atoms with Gasteiger partial charge in [-0.1, -0.05) is 23.7 Å². The van der Waals surface area contributed by atoms with Crippen molar-refractivity contribution in [2.24, 2.45) is 0 Å². The Bertz CT molecular complexity index is 989. The van der Waals surface area contributed by atoms with E-state index in [0.717, 1.165) is 37.9 Å². The van der Waals surface area contributed by atoms with Crippen LogP contribution in [0.4, 0.5) is 5.69 Å². The number of anilines is 1. The van der Waals surface area contributed by atoms with Crippen LogP contribution in [0.15, 0.2) is 42.5 Å². The summed E-state index contributed by atoms with van der Waals surface area (Å²) in [5, 5.41) is 0.620. The number of ether oxygens (including phenoxy) is 2. The van der Waals surface area contributed by atoms with Gasteiger partial charge in [0.15, 0.2) is 12.2 Å². The molecule has 0 unspecified atom stereocenters. The molecular formula is C23H23ClN2O4. The topological polar surface area (TPSA) is 59.1 Å². The smallest absolute Gasteiger partial charge is 0.268 e. The molecule has 30 heavy (non-hydrogen) atoms. The first kappa shape index (κ1) is 19.2. The van der Waals surface area contributed by atoms with Gasteiger partial charge < -0.3 is 19.3 Å². The number of hydrogen-bond donors (Lipinski definition) is 0. The minimum absolute atomic E-state index is 0.0515. The Kier molecular flexibility index (Phi) is 5.03. The summed E-state index contributed by atoms with van der Waals surface area (Å²) in [7, 11) is 0. The van der Waals surface area contributed by atoms with E-state index in [1.54, 1.807) is 23.1 Å². The van der Waals surface area contributed by atoms with E-state index >= 15 is 0 Å². The SMILES string of the molecule is O=C([C@H]1CN(C(=O)[C@@H]2Cc3cc(Cl)ccc3O2)c2ccccc2O1)N1CCCCC1. The van der Waals surface area contributed by atoms with E-state index in [0.29, 0.717) is 28.6 Å². The van der Waals surface area contributed by atoms with Crippen molar-refractivity contribution in [3.63, 3.8) is 0 Å².